The summed E-state index contributed by atoms with van der Waals surface area (Å²) >= 11 is 0. The van der Waals surface area contributed by atoms with Gasteiger partial charge in [0.05, 0.1) is 26.2 Å². The van der Waals surface area contributed by atoms with Crippen LogP contribution < -0.4 is 9.64 Å². The van der Waals surface area contributed by atoms with Crippen molar-refractivity contribution >= 4 is 23.8 Å². The Kier molecular flexibility index (Phi) is 5.50. The van der Waals surface area contributed by atoms with Crippen LogP contribution in [0.4, 0.5) is 5.69 Å². The summed E-state index contributed by atoms with van der Waals surface area (Å²) in [5.74, 6) is 0.196. The van der Waals surface area contributed by atoms with E-state index in [1.807, 2.05) is 45.0 Å². The van der Waals surface area contributed by atoms with Gasteiger partial charge in [-0.3, -0.25) is 9.79 Å². The Morgan fingerprint density at radius 1 is 1.24 bits per heavy atom. The molecule has 0 aliphatic carbocycles. The van der Waals surface area contributed by atoms with Gasteiger partial charge < -0.3 is 14.4 Å². The van der Waals surface area contributed by atoms with Crippen molar-refractivity contribution in [3.63, 3.8) is 0 Å². The first-order valence-corrected chi connectivity index (χ1v) is 8.29. The fourth-order valence-corrected chi connectivity index (χ4v) is 3.04. The Labute approximate surface area is 148 Å². The molecule has 1 saturated heterocycles. The molecule has 25 heavy (non-hydrogen) atoms. The first-order chi connectivity index (χ1) is 11.7. The number of β-lactam (4-membered cyclic amide) rings is 1. The maximum atomic E-state index is 12.7. The fraction of sp³-hybridized carbons (Fsp3) is 0.526. The fourth-order valence-electron chi connectivity index (χ4n) is 3.04. The summed E-state index contributed by atoms with van der Waals surface area (Å²) in [7, 11) is 2.94. The number of ether oxygens (including phenoxy) is 2. The average Bonchev–Trinajstić information content (AvgIpc) is 2.56. The number of methoxy groups -OCH3 is 2. The summed E-state index contributed by atoms with van der Waals surface area (Å²) in [6.07, 6.45) is 1.70. The second-order valence-electron chi connectivity index (χ2n) is 7.24. The highest BCUT2D eigenvalue weighted by Crippen LogP contribution is 2.42. The van der Waals surface area contributed by atoms with Crippen molar-refractivity contribution < 1.29 is 19.1 Å². The van der Waals surface area contributed by atoms with Crippen molar-refractivity contribution in [1.82, 2.24) is 0 Å². The van der Waals surface area contributed by atoms with Crippen molar-refractivity contribution in [2.45, 2.75) is 39.8 Å². The first-order valence-electron chi connectivity index (χ1n) is 8.29. The van der Waals surface area contributed by atoms with Gasteiger partial charge in [0.1, 0.15) is 11.8 Å². The van der Waals surface area contributed by atoms with Crippen LogP contribution in [0.25, 0.3) is 0 Å². The number of aliphatic imine (C=N–C) groups is 1. The SMILES string of the molecule is COC(=O)C(C)N=C[C@H]1[C@@H](C(C)(C)C)C(=O)N1c1ccc(OC)cc1. The monoisotopic (exact) mass is 346 g/mol. The van der Waals surface area contributed by atoms with Crippen molar-refractivity contribution in [3.8, 4) is 5.75 Å². The van der Waals surface area contributed by atoms with Gasteiger partial charge in [-0.05, 0) is 36.6 Å². The topological polar surface area (TPSA) is 68.2 Å². The lowest BCUT2D eigenvalue weighted by Gasteiger charge is -2.50. The Balaban J connectivity index is 2.29. The van der Waals surface area contributed by atoms with E-state index in [9.17, 15) is 9.59 Å². The van der Waals surface area contributed by atoms with E-state index in [2.05, 4.69) is 4.99 Å². The summed E-state index contributed by atoms with van der Waals surface area (Å²) in [6, 6.07) is 6.53. The first kappa shape index (κ1) is 19.0. The lowest BCUT2D eigenvalue weighted by molar-refractivity contribution is -0.141. The maximum absolute atomic E-state index is 12.7. The molecule has 1 aliphatic heterocycles. The number of rotatable bonds is 5. The highest BCUT2D eigenvalue weighted by molar-refractivity contribution is 6.09. The van der Waals surface area contributed by atoms with Crippen LogP contribution >= 0.6 is 0 Å². The lowest BCUT2D eigenvalue weighted by atomic mass is 9.69. The van der Waals surface area contributed by atoms with Crippen LogP contribution in [-0.2, 0) is 14.3 Å². The molecule has 0 aromatic heterocycles. The molecule has 136 valence electrons. The van der Waals surface area contributed by atoms with Gasteiger partial charge in [-0.1, -0.05) is 20.8 Å². The molecule has 1 aromatic carbocycles. The normalized spacial score (nSPS) is 21.8. The second kappa shape index (κ2) is 7.25. The molecule has 6 nitrogen and oxygen atoms in total. The molecule has 0 spiro atoms. The van der Waals surface area contributed by atoms with Crippen LogP contribution in [-0.4, -0.2) is 44.4 Å². The van der Waals surface area contributed by atoms with E-state index in [1.165, 1.54) is 7.11 Å². The minimum Gasteiger partial charge on any atom is -0.497 e. The third kappa shape index (κ3) is 3.83. The molecule has 1 fully saturated rings. The van der Waals surface area contributed by atoms with Crippen molar-refractivity contribution in [2.75, 3.05) is 19.1 Å². The molecular formula is C19H26N2O4. The number of carbonyl (C=O) groups excluding carboxylic acids is 2. The zero-order valence-corrected chi connectivity index (χ0v) is 15.6. The minimum atomic E-state index is -0.598. The van der Waals surface area contributed by atoms with Gasteiger partial charge >= 0.3 is 5.97 Å². The Morgan fingerprint density at radius 2 is 1.84 bits per heavy atom. The minimum absolute atomic E-state index is 0.0554. The third-order valence-corrected chi connectivity index (χ3v) is 4.43. The number of nitrogens with zero attached hydrogens (tertiary/aromatic N) is 2. The Morgan fingerprint density at radius 3 is 2.32 bits per heavy atom. The highest BCUT2D eigenvalue weighted by atomic mass is 16.5. The predicted molar refractivity (Wildman–Crippen MR) is 97.2 cm³/mol. The van der Waals surface area contributed by atoms with E-state index >= 15 is 0 Å². The molecule has 2 rings (SSSR count). The van der Waals surface area contributed by atoms with Crippen LogP contribution in [0.2, 0.25) is 0 Å². The largest absolute Gasteiger partial charge is 0.497 e. The molecule has 1 aromatic rings. The van der Waals surface area contributed by atoms with Gasteiger partial charge in [0, 0.05) is 11.9 Å². The number of amides is 1. The highest BCUT2D eigenvalue weighted by Gasteiger charge is 2.52. The zero-order chi connectivity index (χ0) is 18.8. The van der Waals surface area contributed by atoms with E-state index in [1.54, 1.807) is 25.1 Å². The molecule has 1 amide bonds. The Bertz CT molecular complexity index is 661. The molecule has 6 heteroatoms. The van der Waals surface area contributed by atoms with Gasteiger partial charge in [0.25, 0.3) is 0 Å². The van der Waals surface area contributed by atoms with Gasteiger partial charge in [-0.2, -0.15) is 0 Å². The van der Waals surface area contributed by atoms with E-state index in [4.69, 9.17) is 9.47 Å². The van der Waals surface area contributed by atoms with Gasteiger partial charge in [0.2, 0.25) is 5.91 Å². The van der Waals surface area contributed by atoms with Crippen molar-refractivity contribution in [1.29, 1.82) is 0 Å². The van der Waals surface area contributed by atoms with Crippen molar-refractivity contribution in [2.24, 2.45) is 16.3 Å². The number of hydrogen-bond donors (Lipinski definition) is 0. The van der Waals surface area contributed by atoms with Gasteiger partial charge in [-0.15, -0.1) is 0 Å². The molecule has 1 unspecified atom stereocenters. The number of carbonyl (C=O) groups is 2. The standard InChI is InChI=1S/C19H26N2O4/c1-12(18(23)25-6)20-11-15-16(19(2,3)4)17(22)21(15)13-7-9-14(24-5)10-8-13/h7-12,15-16H,1-6H3/t12?,15-,16+/m0/s1. The molecule has 0 N–H and O–H groups in total. The summed E-state index contributed by atoms with van der Waals surface area (Å²) in [4.78, 5) is 30.3. The molecule has 3 atom stereocenters. The van der Waals surface area contributed by atoms with Gasteiger partial charge in [0.15, 0.2) is 0 Å². The molecule has 0 radical (unpaired) electrons. The lowest BCUT2D eigenvalue weighted by Crippen LogP contribution is -2.66. The van der Waals surface area contributed by atoms with E-state index < -0.39 is 12.0 Å². The van der Waals surface area contributed by atoms with Crippen LogP contribution in [0.3, 0.4) is 0 Å². The van der Waals surface area contributed by atoms with E-state index in [0.29, 0.717) is 0 Å². The Hall–Kier alpha value is -2.37. The summed E-state index contributed by atoms with van der Waals surface area (Å²) < 4.78 is 9.87. The number of benzene rings is 1. The van der Waals surface area contributed by atoms with Crippen LogP contribution in [0, 0.1) is 11.3 Å². The summed E-state index contributed by atoms with van der Waals surface area (Å²) in [6.45, 7) is 7.77. The zero-order valence-electron chi connectivity index (χ0n) is 15.6. The molecule has 1 heterocycles. The van der Waals surface area contributed by atoms with Gasteiger partial charge in [-0.25, -0.2) is 4.79 Å². The van der Waals surface area contributed by atoms with Crippen molar-refractivity contribution in [3.05, 3.63) is 24.3 Å². The molecular weight excluding hydrogens is 320 g/mol. The third-order valence-electron chi connectivity index (χ3n) is 4.43. The summed E-state index contributed by atoms with van der Waals surface area (Å²) in [5.41, 5.74) is 0.582. The van der Waals surface area contributed by atoms with Crippen LogP contribution in [0.1, 0.15) is 27.7 Å². The maximum Gasteiger partial charge on any atom is 0.330 e. The van der Waals surface area contributed by atoms with E-state index in [-0.39, 0.29) is 23.3 Å². The molecule has 0 saturated carbocycles. The quantitative estimate of drug-likeness (QED) is 0.467. The average molecular weight is 346 g/mol. The van der Waals surface area contributed by atoms with Crippen LogP contribution in [0.5, 0.6) is 5.75 Å². The molecule has 1 aliphatic rings. The predicted octanol–water partition coefficient (Wildman–Crippen LogP) is 2.71. The molecule has 0 bridgehead atoms. The second-order valence-corrected chi connectivity index (χ2v) is 7.24. The number of anilines is 1. The van der Waals surface area contributed by atoms with Crippen LogP contribution in [0.15, 0.2) is 29.3 Å². The number of hydrogen-bond acceptors (Lipinski definition) is 5. The summed E-state index contributed by atoms with van der Waals surface area (Å²) in [5, 5.41) is 0. The number of esters is 1. The van der Waals surface area contributed by atoms with E-state index in [0.717, 1.165) is 11.4 Å². The smallest absolute Gasteiger partial charge is 0.330 e.